The average molecular weight is 639 g/mol. The first kappa shape index (κ1) is 30.8. The van der Waals surface area contributed by atoms with Crippen molar-refractivity contribution < 1.29 is 14.3 Å². The molecular weight excluding hydrogens is 605 g/mol. The molecule has 8 nitrogen and oxygen atoms in total. The fraction of sp³-hybridized carbons (Fsp3) is 0.281. The standard InChI is InChI=1S/C32H33Cl2N5O3S/c1-4-6-16-43-32-37-31-35-20(3)28(30(40)36-26-12-7-8-13-27(26)41-5-2)29(39(31)38-32)21-10-9-11-24(17-21)42-19-22-14-15-23(33)18-25(22)34/h7-15,17-18,29H,4-6,16,19H2,1-3H3,(H,36,40)(H,35,37,38). The number of halogens is 2. The second kappa shape index (κ2) is 14.2. The zero-order valence-electron chi connectivity index (χ0n) is 24.2. The fourth-order valence-corrected chi connectivity index (χ4v) is 6.09. The van der Waals surface area contributed by atoms with E-state index in [0.29, 0.717) is 56.2 Å². The fourth-order valence-electron chi connectivity index (χ4n) is 4.72. The van der Waals surface area contributed by atoms with Crippen molar-refractivity contribution in [1.82, 2.24) is 14.8 Å². The Labute approximate surface area is 265 Å². The number of hydrogen-bond donors (Lipinski definition) is 2. The van der Waals surface area contributed by atoms with Crippen LogP contribution in [0.4, 0.5) is 11.6 Å². The smallest absolute Gasteiger partial charge is 0.255 e. The summed E-state index contributed by atoms with van der Waals surface area (Å²) >= 11 is 14.0. The van der Waals surface area contributed by atoms with Gasteiger partial charge in [-0.05, 0) is 62.2 Å². The summed E-state index contributed by atoms with van der Waals surface area (Å²) in [5.74, 6) is 2.44. The zero-order valence-corrected chi connectivity index (χ0v) is 26.5. The zero-order chi connectivity index (χ0) is 30.3. The summed E-state index contributed by atoms with van der Waals surface area (Å²) in [6.07, 6.45) is 2.15. The number of carbonyl (C=O) groups is 1. The van der Waals surface area contributed by atoms with E-state index in [4.69, 9.17) is 42.8 Å². The molecule has 0 radical (unpaired) electrons. The van der Waals surface area contributed by atoms with Crippen molar-refractivity contribution in [3.63, 3.8) is 0 Å². The lowest BCUT2D eigenvalue weighted by Gasteiger charge is -2.29. The molecule has 1 aliphatic rings. The Bertz CT molecular complexity index is 1640. The number of hydrogen-bond acceptors (Lipinski definition) is 7. The van der Waals surface area contributed by atoms with Crippen LogP contribution < -0.4 is 20.1 Å². The van der Waals surface area contributed by atoms with E-state index in [9.17, 15) is 4.79 Å². The van der Waals surface area contributed by atoms with Crippen LogP contribution in [0.3, 0.4) is 0 Å². The maximum Gasteiger partial charge on any atom is 0.255 e. The Morgan fingerprint density at radius 3 is 2.70 bits per heavy atom. The van der Waals surface area contributed by atoms with Gasteiger partial charge >= 0.3 is 0 Å². The minimum Gasteiger partial charge on any atom is -0.492 e. The first-order valence-electron chi connectivity index (χ1n) is 14.1. The largest absolute Gasteiger partial charge is 0.492 e. The molecule has 1 atom stereocenters. The second-order valence-electron chi connectivity index (χ2n) is 9.91. The number of aromatic nitrogens is 3. The highest BCUT2D eigenvalue weighted by Gasteiger charge is 2.35. The molecule has 11 heteroatoms. The first-order valence-corrected chi connectivity index (χ1v) is 15.9. The van der Waals surface area contributed by atoms with Gasteiger partial charge in [-0.1, -0.05) is 78.6 Å². The number of benzene rings is 3. The van der Waals surface area contributed by atoms with E-state index in [1.54, 1.807) is 28.6 Å². The Kier molecular flexibility index (Phi) is 10.2. The molecule has 0 saturated heterocycles. The highest BCUT2D eigenvalue weighted by atomic mass is 35.5. The molecule has 0 fully saturated rings. The number of carbonyl (C=O) groups excluding carboxylic acids is 1. The SMILES string of the molecule is CCCCSc1nc2n(n1)C(c1cccc(OCc3ccc(Cl)cc3Cl)c1)C(C(=O)Nc1ccccc1OCC)=C(C)N2. The van der Waals surface area contributed by atoms with Crippen molar-refractivity contribution in [2.24, 2.45) is 0 Å². The molecule has 5 rings (SSSR count). The summed E-state index contributed by atoms with van der Waals surface area (Å²) in [7, 11) is 0. The quantitative estimate of drug-likeness (QED) is 0.119. The molecule has 3 aromatic carbocycles. The van der Waals surface area contributed by atoms with Crippen molar-refractivity contribution in [1.29, 1.82) is 0 Å². The van der Waals surface area contributed by atoms with E-state index in [1.165, 1.54) is 0 Å². The van der Waals surface area contributed by atoms with Crippen molar-refractivity contribution in [3.05, 3.63) is 99.2 Å². The van der Waals surface area contributed by atoms with Gasteiger partial charge in [0.15, 0.2) is 0 Å². The lowest BCUT2D eigenvalue weighted by molar-refractivity contribution is -0.113. The Hall–Kier alpha value is -3.66. The number of unbranched alkanes of at least 4 members (excludes halogenated alkanes) is 1. The molecule has 1 aliphatic heterocycles. The maximum atomic E-state index is 14.0. The van der Waals surface area contributed by atoms with Gasteiger partial charge in [-0.15, -0.1) is 5.10 Å². The van der Waals surface area contributed by atoms with Gasteiger partial charge in [0.2, 0.25) is 11.1 Å². The second-order valence-corrected chi connectivity index (χ2v) is 11.8. The van der Waals surface area contributed by atoms with Crippen LogP contribution in [0.25, 0.3) is 0 Å². The lowest BCUT2D eigenvalue weighted by Crippen LogP contribution is -2.31. The minimum absolute atomic E-state index is 0.259. The molecular formula is C32H33Cl2N5O3S. The van der Waals surface area contributed by atoms with E-state index in [2.05, 4.69) is 17.6 Å². The monoisotopic (exact) mass is 637 g/mol. The lowest BCUT2D eigenvalue weighted by atomic mass is 9.94. The number of thioether (sulfide) groups is 1. The molecule has 224 valence electrons. The predicted molar refractivity (Wildman–Crippen MR) is 174 cm³/mol. The maximum absolute atomic E-state index is 14.0. The number of nitrogens with zero attached hydrogens (tertiary/aromatic N) is 3. The number of allylic oxidation sites excluding steroid dienone is 1. The van der Waals surface area contributed by atoms with Gasteiger partial charge in [0.05, 0.1) is 17.9 Å². The van der Waals surface area contributed by atoms with Crippen LogP contribution in [-0.2, 0) is 11.4 Å². The molecule has 43 heavy (non-hydrogen) atoms. The van der Waals surface area contributed by atoms with Crippen molar-refractivity contribution in [3.8, 4) is 11.5 Å². The van der Waals surface area contributed by atoms with Crippen LogP contribution >= 0.6 is 35.0 Å². The molecule has 0 spiro atoms. The van der Waals surface area contributed by atoms with Crippen LogP contribution in [0.2, 0.25) is 10.0 Å². The van der Waals surface area contributed by atoms with Gasteiger partial charge in [0.25, 0.3) is 5.91 Å². The summed E-state index contributed by atoms with van der Waals surface area (Å²) in [4.78, 5) is 18.8. The molecule has 0 bridgehead atoms. The molecule has 1 aromatic heterocycles. The average Bonchev–Trinajstić information content (AvgIpc) is 3.39. The topological polar surface area (TPSA) is 90.3 Å². The van der Waals surface area contributed by atoms with Gasteiger partial charge < -0.3 is 20.1 Å². The van der Waals surface area contributed by atoms with Gasteiger partial charge in [-0.2, -0.15) is 4.98 Å². The number of amides is 1. The third-order valence-electron chi connectivity index (χ3n) is 6.83. The summed E-state index contributed by atoms with van der Waals surface area (Å²) < 4.78 is 13.7. The Morgan fingerprint density at radius 1 is 1.07 bits per heavy atom. The third-order valence-corrected chi connectivity index (χ3v) is 8.34. The van der Waals surface area contributed by atoms with E-state index in [-0.39, 0.29) is 12.5 Å². The van der Waals surface area contributed by atoms with Crippen LogP contribution in [-0.4, -0.2) is 33.0 Å². The van der Waals surface area contributed by atoms with Crippen molar-refractivity contribution >= 4 is 52.5 Å². The summed E-state index contributed by atoms with van der Waals surface area (Å²) in [6.45, 7) is 6.68. The molecule has 4 aromatic rings. The van der Waals surface area contributed by atoms with Crippen LogP contribution in [0, 0.1) is 0 Å². The van der Waals surface area contributed by atoms with Gasteiger partial charge in [-0.3, -0.25) is 4.79 Å². The summed E-state index contributed by atoms with van der Waals surface area (Å²) in [6, 6.07) is 19.8. The van der Waals surface area contributed by atoms with Crippen LogP contribution in [0.5, 0.6) is 11.5 Å². The number of anilines is 2. The van der Waals surface area contributed by atoms with Gasteiger partial charge in [0, 0.05) is 27.1 Å². The normalized spacial score (nSPS) is 14.2. The van der Waals surface area contributed by atoms with Gasteiger partial charge in [-0.25, -0.2) is 4.68 Å². The third kappa shape index (κ3) is 7.29. The first-order chi connectivity index (χ1) is 20.9. The molecule has 0 aliphatic carbocycles. The predicted octanol–water partition coefficient (Wildman–Crippen LogP) is 8.38. The van der Waals surface area contributed by atoms with Crippen molar-refractivity contribution in [2.45, 2.75) is 51.4 Å². The molecule has 1 amide bonds. The van der Waals surface area contributed by atoms with E-state index in [1.807, 2.05) is 68.4 Å². The molecule has 2 heterocycles. The van der Waals surface area contributed by atoms with E-state index >= 15 is 0 Å². The number of fused-ring (bicyclic) bond motifs is 1. The Morgan fingerprint density at radius 2 is 1.91 bits per heavy atom. The number of para-hydroxylation sites is 2. The number of nitrogens with one attached hydrogen (secondary N) is 2. The summed E-state index contributed by atoms with van der Waals surface area (Å²) in [5.41, 5.74) is 3.41. The summed E-state index contributed by atoms with van der Waals surface area (Å²) in [5, 5.41) is 13.0. The van der Waals surface area contributed by atoms with Gasteiger partial charge in [0.1, 0.15) is 24.1 Å². The molecule has 0 saturated carbocycles. The number of ether oxygens (including phenoxy) is 2. The highest BCUT2D eigenvalue weighted by molar-refractivity contribution is 7.99. The minimum atomic E-state index is -0.564. The Balaban J connectivity index is 1.49. The van der Waals surface area contributed by atoms with E-state index in [0.717, 1.165) is 29.7 Å². The molecule has 2 N–H and O–H groups in total. The van der Waals surface area contributed by atoms with Crippen LogP contribution in [0.15, 0.2) is 83.2 Å². The van der Waals surface area contributed by atoms with Crippen molar-refractivity contribution in [2.75, 3.05) is 23.0 Å². The highest BCUT2D eigenvalue weighted by Crippen LogP contribution is 2.38. The molecule has 1 unspecified atom stereocenters. The van der Waals surface area contributed by atoms with Crippen LogP contribution in [0.1, 0.15) is 50.8 Å². The van der Waals surface area contributed by atoms with E-state index < -0.39 is 6.04 Å². The number of rotatable bonds is 12.